The molecule has 0 radical (unpaired) electrons. The van der Waals surface area contributed by atoms with Gasteiger partial charge in [0.1, 0.15) is 6.61 Å². The third-order valence-corrected chi connectivity index (χ3v) is 5.48. The van der Waals surface area contributed by atoms with Crippen LogP contribution in [0.25, 0.3) is 0 Å². The molecular weight excluding hydrogens is 369 g/mol. The Balaban J connectivity index is 0.00000338. The molecule has 0 spiro atoms. The summed E-state index contributed by atoms with van der Waals surface area (Å²) >= 11 is 1.34. The number of hydrogen-bond acceptors (Lipinski definition) is 7. The summed E-state index contributed by atoms with van der Waals surface area (Å²) < 4.78 is 5.15. The van der Waals surface area contributed by atoms with Crippen LogP contribution in [0.3, 0.4) is 0 Å². The van der Waals surface area contributed by atoms with Crippen molar-refractivity contribution in [2.45, 2.75) is 39.0 Å². The molecule has 1 unspecified atom stereocenters. The van der Waals surface area contributed by atoms with Crippen LogP contribution in [0.4, 0.5) is 0 Å². The molecule has 1 aliphatic carbocycles. The maximum Gasteiger partial charge on any atom is 1.00 e. The molecule has 0 aromatic heterocycles. The molecule has 138 valence electrons. The van der Waals surface area contributed by atoms with Gasteiger partial charge in [-0.1, -0.05) is 6.92 Å². The molecule has 0 saturated carbocycles. The fraction of sp³-hybridized carbons (Fsp3) is 0.647. The molecule has 1 heterocycles. The second-order valence-electron chi connectivity index (χ2n) is 6.19. The van der Waals surface area contributed by atoms with Gasteiger partial charge in [0.05, 0.1) is 12.5 Å². The van der Waals surface area contributed by atoms with Gasteiger partial charge in [0.25, 0.3) is 11.8 Å². The fourth-order valence-corrected chi connectivity index (χ4v) is 3.83. The van der Waals surface area contributed by atoms with Crippen molar-refractivity contribution in [2.24, 2.45) is 5.92 Å². The smallest absolute Gasteiger partial charge is 0.550 e. The van der Waals surface area contributed by atoms with E-state index in [1.165, 1.54) is 16.7 Å². The van der Waals surface area contributed by atoms with Crippen molar-refractivity contribution in [3.63, 3.8) is 0 Å². The Kier molecular flexibility index (Phi) is 9.92. The molecule has 2 rings (SSSR count). The average molecular weight is 391 g/mol. The Labute approximate surface area is 179 Å². The first-order valence-electron chi connectivity index (χ1n) is 8.44. The molecule has 9 heteroatoms. The SMILES string of the molecule is CC(CSCCC(=O)[O-])C(=O)OCCN1C(=O)C2=C(CCCC2)C1=O.[Na+]. The quantitative estimate of drug-likeness (QED) is 0.182. The van der Waals surface area contributed by atoms with Gasteiger partial charge in [-0.05, 0) is 37.9 Å². The van der Waals surface area contributed by atoms with Crippen molar-refractivity contribution in [2.75, 3.05) is 24.7 Å². The van der Waals surface area contributed by atoms with E-state index >= 15 is 0 Å². The number of thioether (sulfide) groups is 1. The van der Waals surface area contributed by atoms with Crippen LogP contribution in [-0.2, 0) is 23.9 Å². The van der Waals surface area contributed by atoms with E-state index in [-0.39, 0.29) is 66.9 Å². The van der Waals surface area contributed by atoms with E-state index in [9.17, 15) is 24.3 Å². The summed E-state index contributed by atoms with van der Waals surface area (Å²) in [5.41, 5.74) is 1.25. The molecule has 2 amide bonds. The zero-order valence-electron chi connectivity index (χ0n) is 15.2. The second-order valence-corrected chi connectivity index (χ2v) is 7.34. The maximum absolute atomic E-state index is 12.2. The summed E-state index contributed by atoms with van der Waals surface area (Å²) in [7, 11) is 0. The van der Waals surface area contributed by atoms with E-state index in [0.717, 1.165) is 12.8 Å². The molecule has 0 saturated heterocycles. The minimum absolute atomic E-state index is 0. The number of ether oxygens (including phenoxy) is 1. The molecule has 0 aromatic rings. The number of carboxylic acids is 1. The van der Waals surface area contributed by atoms with Gasteiger partial charge in [-0.3, -0.25) is 19.3 Å². The van der Waals surface area contributed by atoms with Crippen LogP contribution in [0.5, 0.6) is 0 Å². The van der Waals surface area contributed by atoms with E-state index in [4.69, 9.17) is 4.74 Å². The van der Waals surface area contributed by atoms with Crippen LogP contribution in [-0.4, -0.2) is 53.3 Å². The molecular formula is C17H22NNaO6S. The van der Waals surface area contributed by atoms with Gasteiger partial charge >= 0.3 is 35.5 Å². The third kappa shape index (κ3) is 6.11. The van der Waals surface area contributed by atoms with Crippen LogP contribution in [0.15, 0.2) is 11.1 Å². The monoisotopic (exact) mass is 391 g/mol. The number of nitrogens with zero attached hydrogens (tertiary/aromatic N) is 1. The molecule has 0 N–H and O–H groups in total. The number of imide groups is 1. The number of rotatable bonds is 9. The predicted octanol–water partition coefficient (Wildman–Crippen LogP) is -2.72. The van der Waals surface area contributed by atoms with Crippen LogP contribution in [0, 0.1) is 5.92 Å². The zero-order chi connectivity index (χ0) is 18.4. The number of hydrogen-bond donors (Lipinski definition) is 0. The first kappa shape index (κ1) is 23.2. The van der Waals surface area contributed by atoms with Crippen molar-refractivity contribution < 1.29 is 58.6 Å². The summed E-state index contributed by atoms with van der Waals surface area (Å²) in [6.07, 6.45) is 3.09. The molecule has 0 fully saturated rings. The number of esters is 1. The number of amides is 2. The summed E-state index contributed by atoms with van der Waals surface area (Å²) in [5.74, 6) is -1.58. The van der Waals surface area contributed by atoms with E-state index in [0.29, 0.717) is 35.5 Å². The van der Waals surface area contributed by atoms with Gasteiger partial charge in [0.2, 0.25) is 0 Å². The normalized spacial score (nSPS) is 17.7. The minimum atomic E-state index is -1.11. The van der Waals surface area contributed by atoms with E-state index in [2.05, 4.69) is 0 Å². The van der Waals surface area contributed by atoms with Crippen molar-refractivity contribution in [1.82, 2.24) is 4.90 Å². The Bertz CT molecular complexity index is 578. The third-order valence-electron chi connectivity index (χ3n) is 4.25. The maximum atomic E-state index is 12.2. The van der Waals surface area contributed by atoms with Crippen LogP contribution in [0.1, 0.15) is 39.0 Å². The predicted molar refractivity (Wildman–Crippen MR) is 89.3 cm³/mol. The summed E-state index contributed by atoms with van der Waals surface area (Å²) in [6, 6.07) is 0. The van der Waals surface area contributed by atoms with Gasteiger partial charge < -0.3 is 14.6 Å². The number of carbonyl (C=O) groups excluding carboxylic acids is 4. The Morgan fingerprint density at radius 1 is 1.19 bits per heavy atom. The Morgan fingerprint density at radius 2 is 1.77 bits per heavy atom. The Morgan fingerprint density at radius 3 is 2.31 bits per heavy atom. The molecule has 2 aliphatic rings. The topological polar surface area (TPSA) is 104 Å². The minimum Gasteiger partial charge on any atom is -0.550 e. The van der Waals surface area contributed by atoms with Crippen LogP contribution < -0.4 is 34.7 Å². The first-order chi connectivity index (χ1) is 11.9. The molecule has 7 nitrogen and oxygen atoms in total. The molecule has 1 atom stereocenters. The van der Waals surface area contributed by atoms with Gasteiger partial charge in [0.15, 0.2) is 0 Å². The first-order valence-corrected chi connectivity index (χ1v) is 9.59. The fourth-order valence-electron chi connectivity index (χ4n) is 2.86. The summed E-state index contributed by atoms with van der Waals surface area (Å²) in [4.78, 5) is 47.9. The summed E-state index contributed by atoms with van der Waals surface area (Å²) in [6.45, 7) is 1.74. The molecule has 0 aromatic carbocycles. The molecule has 0 bridgehead atoms. The van der Waals surface area contributed by atoms with Crippen LogP contribution in [0.2, 0.25) is 0 Å². The second kappa shape index (κ2) is 11.1. The van der Waals surface area contributed by atoms with Crippen molar-refractivity contribution in [3.8, 4) is 0 Å². The van der Waals surface area contributed by atoms with Gasteiger partial charge in [0, 0.05) is 22.9 Å². The number of carboxylic acid groups (broad SMARTS) is 1. The van der Waals surface area contributed by atoms with Crippen molar-refractivity contribution in [3.05, 3.63) is 11.1 Å². The van der Waals surface area contributed by atoms with E-state index < -0.39 is 11.9 Å². The van der Waals surface area contributed by atoms with Crippen molar-refractivity contribution in [1.29, 1.82) is 0 Å². The largest absolute Gasteiger partial charge is 1.00 e. The van der Waals surface area contributed by atoms with Gasteiger partial charge in [-0.15, -0.1) is 0 Å². The molecule has 26 heavy (non-hydrogen) atoms. The van der Waals surface area contributed by atoms with Gasteiger partial charge in [-0.25, -0.2) is 0 Å². The Hall–Kier alpha value is -0.830. The van der Waals surface area contributed by atoms with E-state index in [1.807, 2.05) is 0 Å². The van der Waals surface area contributed by atoms with Crippen molar-refractivity contribution >= 4 is 35.5 Å². The zero-order valence-corrected chi connectivity index (χ0v) is 18.1. The van der Waals surface area contributed by atoms with Gasteiger partial charge in [-0.2, -0.15) is 11.8 Å². The molecule has 1 aliphatic heterocycles. The average Bonchev–Trinajstić information content (AvgIpc) is 2.83. The standard InChI is InChI=1S/C17H23NO6S.Na/c1-11(10-25-9-6-14(19)20)17(23)24-8-7-18-15(21)12-4-2-3-5-13(12)16(18)22;/h11H,2-10H2,1H3,(H,19,20);/q;+1/p-1. The number of carbonyl (C=O) groups is 4. The van der Waals surface area contributed by atoms with Crippen LogP contribution >= 0.6 is 11.8 Å². The van der Waals surface area contributed by atoms with E-state index in [1.54, 1.807) is 6.92 Å². The summed E-state index contributed by atoms with van der Waals surface area (Å²) in [5, 5.41) is 10.3. The number of aliphatic carboxylic acids is 1.